The number of benzene rings is 1. The van der Waals surface area contributed by atoms with Crippen LogP contribution < -0.4 is 4.74 Å². The highest BCUT2D eigenvalue weighted by atomic mass is 79.9. The maximum Gasteiger partial charge on any atom is 0.193 e. The molecule has 1 aromatic heterocycles. The van der Waals surface area contributed by atoms with Gasteiger partial charge in [-0.15, -0.1) is 11.6 Å². The van der Waals surface area contributed by atoms with Crippen molar-refractivity contribution in [3.05, 3.63) is 51.3 Å². The number of hydrogen-bond acceptors (Lipinski definition) is 2. The van der Waals surface area contributed by atoms with Crippen LogP contribution in [0.25, 0.3) is 0 Å². The highest BCUT2D eigenvalue weighted by Crippen LogP contribution is 2.36. The zero-order chi connectivity index (χ0) is 13.1. The maximum atomic E-state index is 6.36. The summed E-state index contributed by atoms with van der Waals surface area (Å²) in [5.74, 6) is 1.42. The molecule has 2 aromatic rings. The van der Waals surface area contributed by atoms with Crippen molar-refractivity contribution in [1.29, 1.82) is 0 Å². The molecule has 1 unspecified atom stereocenters. The Balaban J connectivity index is 2.28. The molecule has 1 heterocycles. The molecule has 1 atom stereocenters. The van der Waals surface area contributed by atoms with Crippen LogP contribution in [0.2, 0.25) is 5.22 Å². The minimum atomic E-state index is -0.387. The zero-order valence-corrected chi connectivity index (χ0v) is 12.7. The van der Waals surface area contributed by atoms with Crippen molar-refractivity contribution >= 4 is 39.1 Å². The smallest absolute Gasteiger partial charge is 0.193 e. The first-order valence-electron chi connectivity index (χ1n) is 5.43. The minimum absolute atomic E-state index is 0.331. The Labute approximate surface area is 124 Å². The van der Waals surface area contributed by atoms with Gasteiger partial charge in [-0.2, -0.15) is 0 Å². The van der Waals surface area contributed by atoms with Crippen LogP contribution in [-0.2, 0) is 0 Å². The SMILES string of the molecule is CCOc1ccc(C(Cl)c2ccc(Cl)o2)c(Br)c1. The summed E-state index contributed by atoms with van der Waals surface area (Å²) < 4.78 is 11.6. The van der Waals surface area contributed by atoms with Crippen LogP contribution in [-0.4, -0.2) is 6.61 Å². The summed E-state index contributed by atoms with van der Waals surface area (Å²) in [5, 5.41) is -0.0553. The van der Waals surface area contributed by atoms with Crippen LogP contribution in [0.3, 0.4) is 0 Å². The molecule has 0 saturated heterocycles. The summed E-state index contributed by atoms with van der Waals surface area (Å²) in [5.41, 5.74) is 0.908. The lowest BCUT2D eigenvalue weighted by atomic mass is 10.1. The van der Waals surface area contributed by atoms with E-state index < -0.39 is 0 Å². The zero-order valence-electron chi connectivity index (χ0n) is 9.62. The van der Waals surface area contributed by atoms with E-state index in [1.165, 1.54) is 0 Å². The molecule has 0 aliphatic heterocycles. The van der Waals surface area contributed by atoms with Gasteiger partial charge in [0, 0.05) is 4.47 Å². The lowest BCUT2D eigenvalue weighted by Crippen LogP contribution is -1.95. The van der Waals surface area contributed by atoms with Crippen molar-refractivity contribution < 1.29 is 9.15 Å². The lowest BCUT2D eigenvalue weighted by Gasteiger charge is -2.11. The van der Waals surface area contributed by atoms with Crippen molar-refractivity contribution in [2.24, 2.45) is 0 Å². The van der Waals surface area contributed by atoms with E-state index in [9.17, 15) is 0 Å². The third-order valence-electron chi connectivity index (χ3n) is 2.40. The number of hydrogen-bond donors (Lipinski definition) is 0. The van der Waals surface area contributed by atoms with Crippen molar-refractivity contribution in [2.45, 2.75) is 12.3 Å². The average molecular weight is 350 g/mol. The summed E-state index contributed by atoms with van der Waals surface area (Å²) >= 11 is 15.6. The van der Waals surface area contributed by atoms with Crippen molar-refractivity contribution in [2.75, 3.05) is 6.61 Å². The van der Waals surface area contributed by atoms with Crippen LogP contribution in [0.15, 0.2) is 39.2 Å². The van der Waals surface area contributed by atoms with Gasteiger partial charge >= 0.3 is 0 Å². The molecule has 2 nitrogen and oxygen atoms in total. The Hall–Kier alpha value is -0.640. The fraction of sp³-hybridized carbons (Fsp3) is 0.231. The highest BCUT2D eigenvalue weighted by Gasteiger charge is 2.18. The molecule has 5 heteroatoms. The summed E-state index contributed by atoms with van der Waals surface area (Å²) in [6.45, 7) is 2.57. The summed E-state index contributed by atoms with van der Waals surface area (Å²) in [6, 6.07) is 9.11. The third-order valence-corrected chi connectivity index (χ3v) is 3.74. The number of furan rings is 1. The highest BCUT2D eigenvalue weighted by molar-refractivity contribution is 9.10. The van der Waals surface area contributed by atoms with Crippen LogP contribution in [0, 0.1) is 0 Å². The van der Waals surface area contributed by atoms with Gasteiger partial charge in [0.15, 0.2) is 5.22 Å². The molecule has 2 rings (SSSR count). The molecule has 0 fully saturated rings. The lowest BCUT2D eigenvalue weighted by molar-refractivity contribution is 0.340. The molecule has 0 N–H and O–H groups in total. The number of rotatable bonds is 4. The fourth-order valence-electron chi connectivity index (χ4n) is 1.59. The molecule has 0 bridgehead atoms. The largest absolute Gasteiger partial charge is 0.494 e. The molecule has 0 aliphatic rings. The second kappa shape index (κ2) is 6.00. The van der Waals surface area contributed by atoms with Gasteiger partial charge < -0.3 is 9.15 Å². The number of alkyl halides is 1. The molecule has 0 radical (unpaired) electrons. The molecule has 96 valence electrons. The summed E-state index contributed by atoms with van der Waals surface area (Å²) in [4.78, 5) is 0. The second-order valence-corrected chi connectivity index (χ2v) is 5.28. The first-order chi connectivity index (χ1) is 8.61. The first-order valence-corrected chi connectivity index (χ1v) is 7.04. The summed E-state index contributed by atoms with van der Waals surface area (Å²) in [7, 11) is 0. The molecule has 1 aromatic carbocycles. The Bertz CT molecular complexity index is 540. The van der Waals surface area contributed by atoms with E-state index in [0.717, 1.165) is 15.8 Å². The van der Waals surface area contributed by atoms with Gasteiger partial charge in [-0.1, -0.05) is 22.0 Å². The molecule has 18 heavy (non-hydrogen) atoms. The normalized spacial score (nSPS) is 12.4. The predicted molar refractivity (Wildman–Crippen MR) is 76.7 cm³/mol. The third kappa shape index (κ3) is 3.02. The standard InChI is InChI=1S/C13H11BrCl2O2/c1-2-17-8-3-4-9(10(14)7-8)13(16)11-5-6-12(15)18-11/h3-7,13H,2H2,1H3. The van der Waals surface area contributed by atoms with Gasteiger partial charge in [0.05, 0.1) is 6.61 Å². The van der Waals surface area contributed by atoms with E-state index in [1.807, 2.05) is 25.1 Å². The molecule has 0 aliphatic carbocycles. The van der Waals surface area contributed by atoms with Gasteiger partial charge in [0.2, 0.25) is 0 Å². The molecular formula is C13H11BrCl2O2. The summed E-state index contributed by atoms with van der Waals surface area (Å²) in [6.07, 6.45) is 0. The molecule has 0 saturated carbocycles. The van der Waals surface area contributed by atoms with Gasteiger partial charge in [-0.25, -0.2) is 0 Å². The first kappa shape index (κ1) is 13.8. The van der Waals surface area contributed by atoms with Crippen LogP contribution in [0.1, 0.15) is 23.6 Å². The van der Waals surface area contributed by atoms with Gasteiger partial charge in [-0.05, 0) is 48.4 Å². The van der Waals surface area contributed by atoms with E-state index in [2.05, 4.69) is 15.9 Å². The minimum Gasteiger partial charge on any atom is -0.494 e. The fourth-order valence-corrected chi connectivity index (χ4v) is 2.77. The van der Waals surface area contributed by atoms with Crippen LogP contribution >= 0.6 is 39.1 Å². The molecule has 0 spiro atoms. The Morgan fingerprint density at radius 1 is 1.33 bits per heavy atom. The average Bonchev–Trinajstić information content (AvgIpc) is 2.76. The monoisotopic (exact) mass is 348 g/mol. The Kier molecular flexibility index (Phi) is 4.60. The van der Waals surface area contributed by atoms with Crippen molar-refractivity contribution in [3.63, 3.8) is 0 Å². The van der Waals surface area contributed by atoms with Crippen molar-refractivity contribution in [1.82, 2.24) is 0 Å². The van der Waals surface area contributed by atoms with Gasteiger partial charge in [0.1, 0.15) is 16.9 Å². The van der Waals surface area contributed by atoms with Crippen LogP contribution in [0.4, 0.5) is 0 Å². The topological polar surface area (TPSA) is 22.4 Å². The van der Waals surface area contributed by atoms with E-state index >= 15 is 0 Å². The number of ether oxygens (including phenoxy) is 1. The van der Waals surface area contributed by atoms with E-state index in [0.29, 0.717) is 17.6 Å². The van der Waals surface area contributed by atoms with Gasteiger partial charge in [-0.3, -0.25) is 0 Å². The van der Waals surface area contributed by atoms with Gasteiger partial charge in [0.25, 0.3) is 0 Å². The second-order valence-electron chi connectivity index (χ2n) is 3.62. The van der Waals surface area contributed by atoms with E-state index in [1.54, 1.807) is 12.1 Å². The maximum absolute atomic E-state index is 6.36. The number of halogens is 3. The Morgan fingerprint density at radius 3 is 2.67 bits per heavy atom. The molecule has 0 amide bonds. The molecular weight excluding hydrogens is 339 g/mol. The van der Waals surface area contributed by atoms with Crippen LogP contribution in [0.5, 0.6) is 5.75 Å². The predicted octanol–water partition coefficient (Wildman–Crippen LogP) is 5.42. The van der Waals surface area contributed by atoms with E-state index in [-0.39, 0.29) is 5.38 Å². The Morgan fingerprint density at radius 2 is 2.11 bits per heavy atom. The van der Waals surface area contributed by atoms with Crippen molar-refractivity contribution in [3.8, 4) is 5.75 Å². The quantitative estimate of drug-likeness (QED) is 0.687. The van der Waals surface area contributed by atoms with E-state index in [4.69, 9.17) is 32.4 Å².